The molecule has 3 rings (SSSR count). The summed E-state index contributed by atoms with van der Waals surface area (Å²) in [5, 5.41) is 19.1. The first-order chi connectivity index (χ1) is 11.6. The highest BCUT2D eigenvalue weighted by Crippen LogP contribution is 2.25. The van der Waals surface area contributed by atoms with E-state index in [1.54, 1.807) is 24.3 Å². The Hall–Kier alpha value is -3.05. The van der Waals surface area contributed by atoms with Crippen LogP contribution in [0.2, 0.25) is 0 Å². The molecule has 0 aliphatic rings. The molecule has 3 aromatic rings. The van der Waals surface area contributed by atoms with Gasteiger partial charge in [-0.2, -0.15) is 0 Å². The SMILES string of the molecule is O=C(O)c1ccc(C(O)c2ccc(OCc3ccccc3)cc2)o1. The molecular weight excluding hydrogens is 308 g/mol. The maximum Gasteiger partial charge on any atom is 0.371 e. The van der Waals surface area contributed by atoms with E-state index in [-0.39, 0.29) is 11.5 Å². The Bertz CT molecular complexity index is 805. The number of benzene rings is 2. The summed E-state index contributed by atoms with van der Waals surface area (Å²) >= 11 is 0. The topological polar surface area (TPSA) is 79.9 Å². The number of aliphatic hydroxyl groups is 1. The molecule has 1 aromatic heterocycles. The normalized spacial score (nSPS) is 11.9. The maximum atomic E-state index is 10.8. The molecule has 0 radical (unpaired) electrons. The van der Waals surface area contributed by atoms with Gasteiger partial charge in [0.25, 0.3) is 0 Å². The third-order valence-electron chi connectivity index (χ3n) is 3.55. The van der Waals surface area contributed by atoms with Gasteiger partial charge in [0.2, 0.25) is 5.76 Å². The third-order valence-corrected chi connectivity index (χ3v) is 3.55. The molecule has 2 aromatic carbocycles. The number of rotatable bonds is 6. The van der Waals surface area contributed by atoms with Gasteiger partial charge < -0.3 is 19.4 Å². The molecule has 24 heavy (non-hydrogen) atoms. The lowest BCUT2D eigenvalue weighted by atomic mass is 10.1. The van der Waals surface area contributed by atoms with Crippen LogP contribution in [-0.4, -0.2) is 16.2 Å². The van der Waals surface area contributed by atoms with Crippen molar-refractivity contribution in [2.75, 3.05) is 0 Å². The number of aromatic carboxylic acids is 1. The van der Waals surface area contributed by atoms with Crippen LogP contribution in [0.15, 0.2) is 71.1 Å². The zero-order valence-corrected chi connectivity index (χ0v) is 12.8. The van der Waals surface area contributed by atoms with Gasteiger partial charge in [0.05, 0.1) is 0 Å². The van der Waals surface area contributed by atoms with Crippen LogP contribution in [0.1, 0.15) is 33.5 Å². The lowest BCUT2D eigenvalue weighted by Crippen LogP contribution is -1.99. The van der Waals surface area contributed by atoms with E-state index in [0.717, 1.165) is 5.56 Å². The number of ether oxygens (including phenoxy) is 1. The number of carbonyl (C=O) groups is 1. The van der Waals surface area contributed by atoms with Crippen molar-refractivity contribution in [3.8, 4) is 5.75 Å². The first-order valence-electron chi connectivity index (χ1n) is 7.41. The standard InChI is InChI=1S/C19H16O5/c20-18(16-10-11-17(24-16)19(21)22)14-6-8-15(9-7-14)23-12-13-4-2-1-3-5-13/h1-11,18,20H,12H2,(H,21,22). The minimum atomic E-state index is -1.17. The highest BCUT2D eigenvalue weighted by molar-refractivity contribution is 5.84. The van der Waals surface area contributed by atoms with Crippen LogP contribution in [0.4, 0.5) is 0 Å². The van der Waals surface area contributed by atoms with Crippen molar-refractivity contribution in [2.24, 2.45) is 0 Å². The van der Waals surface area contributed by atoms with E-state index in [1.807, 2.05) is 30.3 Å². The second-order valence-electron chi connectivity index (χ2n) is 5.25. The molecule has 0 aliphatic carbocycles. The summed E-state index contributed by atoms with van der Waals surface area (Å²) < 4.78 is 10.8. The number of carboxylic acids is 1. The van der Waals surface area contributed by atoms with Crippen molar-refractivity contribution in [2.45, 2.75) is 12.7 Å². The van der Waals surface area contributed by atoms with Crippen molar-refractivity contribution in [1.82, 2.24) is 0 Å². The van der Waals surface area contributed by atoms with E-state index in [9.17, 15) is 9.90 Å². The minimum Gasteiger partial charge on any atom is -0.489 e. The van der Waals surface area contributed by atoms with Gasteiger partial charge >= 0.3 is 5.97 Å². The predicted octanol–water partition coefficient (Wildman–Crippen LogP) is 3.64. The molecule has 1 heterocycles. The number of hydrogen-bond acceptors (Lipinski definition) is 4. The summed E-state index contributed by atoms with van der Waals surface area (Å²) in [6.07, 6.45) is -1.03. The number of aliphatic hydroxyl groups excluding tert-OH is 1. The zero-order valence-electron chi connectivity index (χ0n) is 12.8. The molecule has 5 nitrogen and oxygen atoms in total. The Kier molecular flexibility index (Phi) is 4.63. The van der Waals surface area contributed by atoms with Gasteiger partial charge in [0.1, 0.15) is 24.2 Å². The van der Waals surface area contributed by atoms with Crippen molar-refractivity contribution in [1.29, 1.82) is 0 Å². The van der Waals surface area contributed by atoms with Crippen molar-refractivity contribution < 1.29 is 24.2 Å². The van der Waals surface area contributed by atoms with Crippen LogP contribution in [0.3, 0.4) is 0 Å². The third kappa shape index (κ3) is 3.64. The Morgan fingerprint density at radius 2 is 1.71 bits per heavy atom. The predicted molar refractivity (Wildman–Crippen MR) is 86.9 cm³/mol. The van der Waals surface area contributed by atoms with E-state index in [2.05, 4.69) is 0 Å². The number of carboxylic acid groups (broad SMARTS) is 1. The van der Waals surface area contributed by atoms with E-state index >= 15 is 0 Å². The number of furan rings is 1. The molecule has 2 N–H and O–H groups in total. The van der Waals surface area contributed by atoms with Gasteiger partial charge in [-0.15, -0.1) is 0 Å². The van der Waals surface area contributed by atoms with Gasteiger partial charge in [0.15, 0.2) is 0 Å². The fraction of sp³-hybridized carbons (Fsp3) is 0.105. The molecule has 5 heteroatoms. The fourth-order valence-corrected chi connectivity index (χ4v) is 2.27. The number of hydrogen-bond donors (Lipinski definition) is 2. The van der Waals surface area contributed by atoms with E-state index in [1.165, 1.54) is 12.1 Å². The molecule has 0 amide bonds. The largest absolute Gasteiger partial charge is 0.489 e. The van der Waals surface area contributed by atoms with Crippen molar-refractivity contribution in [3.05, 3.63) is 89.4 Å². The summed E-state index contributed by atoms with van der Waals surface area (Å²) in [4.78, 5) is 10.8. The molecule has 0 fully saturated rings. The van der Waals surface area contributed by atoms with Gasteiger partial charge in [-0.05, 0) is 35.4 Å². The van der Waals surface area contributed by atoms with Gasteiger partial charge in [-0.1, -0.05) is 42.5 Å². The maximum absolute atomic E-state index is 10.8. The summed E-state index contributed by atoms with van der Waals surface area (Å²) in [6, 6.07) is 19.5. The summed E-state index contributed by atoms with van der Waals surface area (Å²) in [7, 11) is 0. The molecular formula is C19H16O5. The Morgan fingerprint density at radius 1 is 1.00 bits per heavy atom. The molecule has 1 atom stereocenters. The molecule has 0 spiro atoms. The molecule has 0 bridgehead atoms. The minimum absolute atomic E-state index is 0.186. The second-order valence-corrected chi connectivity index (χ2v) is 5.25. The fourth-order valence-electron chi connectivity index (χ4n) is 2.27. The van der Waals surface area contributed by atoms with Crippen LogP contribution >= 0.6 is 0 Å². The van der Waals surface area contributed by atoms with E-state index < -0.39 is 12.1 Å². The highest BCUT2D eigenvalue weighted by Gasteiger charge is 2.17. The van der Waals surface area contributed by atoms with Gasteiger partial charge in [-0.25, -0.2) is 4.79 Å². The summed E-state index contributed by atoms with van der Waals surface area (Å²) in [5.74, 6) is -0.504. The lowest BCUT2D eigenvalue weighted by molar-refractivity contribution is 0.0655. The van der Waals surface area contributed by atoms with Crippen LogP contribution < -0.4 is 4.74 Å². The molecule has 1 unspecified atom stereocenters. The van der Waals surface area contributed by atoms with Crippen LogP contribution in [0.5, 0.6) is 5.75 Å². The van der Waals surface area contributed by atoms with Crippen LogP contribution in [-0.2, 0) is 6.61 Å². The average molecular weight is 324 g/mol. The Labute approximate surface area is 138 Å². The van der Waals surface area contributed by atoms with Crippen molar-refractivity contribution in [3.63, 3.8) is 0 Å². The molecule has 0 saturated carbocycles. The van der Waals surface area contributed by atoms with E-state index in [4.69, 9.17) is 14.3 Å². The highest BCUT2D eigenvalue weighted by atomic mass is 16.5. The van der Waals surface area contributed by atoms with Gasteiger partial charge in [-0.3, -0.25) is 0 Å². The van der Waals surface area contributed by atoms with E-state index in [0.29, 0.717) is 17.9 Å². The van der Waals surface area contributed by atoms with Crippen LogP contribution in [0, 0.1) is 0 Å². The summed E-state index contributed by atoms with van der Waals surface area (Å²) in [6.45, 7) is 0.461. The van der Waals surface area contributed by atoms with Gasteiger partial charge in [0, 0.05) is 0 Å². The van der Waals surface area contributed by atoms with Crippen LogP contribution in [0.25, 0.3) is 0 Å². The quantitative estimate of drug-likeness (QED) is 0.723. The van der Waals surface area contributed by atoms with Crippen molar-refractivity contribution >= 4 is 5.97 Å². The first kappa shape index (κ1) is 15.8. The zero-order chi connectivity index (χ0) is 16.9. The Morgan fingerprint density at radius 3 is 2.33 bits per heavy atom. The Balaban J connectivity index is 1.66. The smallest absolute Gasteiger partial charge is 0.371 e. The summed E-state index contributed by atoms with van der Waals surface area (Å²) in [5.41, 5.74) is 1.66. The molecule has 0 aliphatic heterocycles. The monoisotopic (exact) mass is 324 g/mol. The molecule has 0 saturated heterocycles. The first-order valence-corrected chi connectivity index (χ1v) is 7.41. The second kappa shape index (κ2) is 7.02. The molecule has 122 valence electrons. The average Bonchev–Trinajstić information content (AvgIpc) is 3.11. The lowest BCUT2D eigenvalue weighted by Gasteiger charge is -2.10.